The molecule has 0 atom stereocenters. The van der Waals surface area contributed by atoms with E-state index >= 15 is 0 Å². The molecule has 1 aromatic carbocycles. The van der Waals surface area contributed by atoms with E-state index in [1.165, 1.54) is 12.6 Å². The van der Waals surface area contributed by atoms with Crippen LogP contribution in [0.1, 0.15) is 37.7 Å². The van der Waals surface area contributed by atoms with Crippen molar-refractivity contribution in [3.05, 3.63) is 29.8 Å². The van der Waals surface area contributed by atoms with Gasteiger partial charge >= 0.3 is 5.97 Å². The first kappa shape index (κ1) is 12.6. The second-order valence-electron chi connectivity index (χ2n) is 4.57. The zero-order chi connectivity index (χ0) is 12.8. The van der Waals surface area contributed by atoms with Gasteiger partial charge in [0.2, 0.25) is 0 Å². The summed E-state index contributed by atoms with van der Waals surface area (Å²) in [5.41, 5.74) is 0.782. The molecule has 0 amide bonds. The summed E-state index contributed by atoms with van der Waals surface area (Å²) < 4.78 is 0. The number of rotatable bonds is 3. The summed E-state index contributed by atoms with van der Waals surface area (Å²) in [5.74, 6) is -0.0215. The van der Waals surface area contributed by atoms with Crippen molar-refractivity contribution in [3.63, 3.8) is 0 Å². The predicted octanol–water partition coefficient (Wildman–Crippen LogP) is 2.85. The fraction of sp³-hybridized carbons (Fsp3) is 0.429. The Hall–Kier alpha value is -1.84. The SMILES string of the molecule is O=C(O/N=C/c1ccc(O)cc1)C1CCCCC1. The van der Waals surface area contributed by atoms with Crippen LogP contribution in [0.5, 0.6) is 5.75 Å². The van der Waals surface area contributed by atoms with Gasteiger partial charge in [-0.15, -0.1) is 0 Å². The second kappa shape index (κ2) is 6.19. The fourth-order valence-electron chi connectivity index (χ4n) is 2.11. The number of nitrogens with zero attached hydrogens (tertiary/aromatic N) is 1. The van der Waals surface area contributed by atoms with Gasteiger partial charge in [-0.3, -0.25) is 0 Å². The highest BCUT2D eigenvalue weighted by atomic mass is 16.7. The lowest BCUT2D eigenvalue weighted by molar-refractivity contribution is -0.149. The maximum atomic E-state index is 11.7. The zero-order valence-electron chi connectivity index (χ0n) is 10.2. The average molecular weight is 247 g/mol. The van der Waals surface area contributed by atoms with Crippen LogP contribution in [0.2, 0.25) is 0 Å². The van der Waals surface area contributed by atoms with Crippen LogP contribution >= 0.6 is 0 Å². The number of phenolic OH excluding ortho intramolecular Hbond substituents is 1. The van der Waals surface area contributed by atoms with Crippen molar-refractivity contribution in [2.75, 3.05) is 0 Å². The Kier molecular flexibility index (Phi) is 4.34. The van der Waals surface area contributed by atoms with E-state index in [0.717, 1.165) is 31.2 Å². The third-order valence-electron chi connectivity index (χ3n) is 3.18. The lowest BCUT2D eigenvalue weighted by Gasteiger charge is -2.17. The monoisotopic (exact) mass is 247 g/mol. The molecule has 2 rings (SSSR count). The molecule has 0 radical (unpaired) electrons. The highest BCUT2D eigenvalue weighted by molar-refractivity contribution is 5.80. The summed E-state index contributed by atoms with van der Waals surface area (Å²) in [6.45, 7) is 0. The number of hydrogen-bond donors (Lipinski definition) is 1. The van der Waals surface area contributed by atoms with E-state index in [1.54, 1.807) is 24.3 Å². The minimum absolute atomic E-state index is 0.00992. The van der Waals surface area contributed by atoms with Gasteiger partial charge in [-0.1, -0.05) is 24.4 Å². The Morgan fingerprint density at radius 2 is 1.89 bits per heavy atom. The Labute approximate surface area is 106 Å². The summed E-state index contributed by atoms with van der Waals surface area (Å²) in [6, 6.07) is 6.52. The van der Waals surface area contributed by atoms with Gasteiger partial charge in [-0.25, -0.2) is 4.79 Å². The van der Waals surface area contributed by atoms with Crippen molar-refractivity contribution in [2.24, 2.45) is 11.1 Å². The molecule has 18 heavy (non-hydrogen) atoms. The fourth-order valence-corrected chi connectivity index (χ4v) is 2.11. The Morgan fingerprint density at radius 1 is 1.22 bits per heavy atom. The lowest BCUT2D eigenvalue weighted by atomic mass is 9.89. The van der Waals surface area contributed by atoms with Crippen LogP contribution in [0.25, 0.3) is 0 Å². The minimum Gasteiger partial charge on any atom is -0.508 e. The van der Waals surface area contributed by atoms with Crippen LogP contribution in [0.4, 0.5) is 0 Å². The molecule has 1 fully saturated rings. The molecule has 96 valence electrons. The molecular formula is C14H17NO3. The molecule has 0 heterocycles. The van der Waals surface area contributed by atoms with Gasteiger partial charge in [-0.2, -0.15) is 0 Å². The summed E-state index contributed by atoms with van der Waals surface area (Å²) in [5, 5.41) is 12.8. The third kappa shape index (κ3) is 3.58. The van der Waals surface area contributed by atoms with E-state index in [9.17, 15) is 4.79 Å². The number of aromatic hydroxyl groups is 1. The quantitative estimate of drug-likeness (QED) is 0.507. The molecule has 1 N–H and O–H groups in total. The Bertz CT molecular complexity index is 419. The van der Waals surface area contributed by atoms with Gasteiger partial charge in [0.05, 0.1) is 12.1 Å². The number of phenols is 1. The standard InChI is InChI=1S/C14H17NO3/c16-13-8-6-11(7-9-13)10-15-18-14(17)12-4-2-1-3-5-12/h6-10,12,16H,1-5H2/b15-10+. The van der Waals surface area contributed by atoms with Crippen molar-refractivity contribution < 1.29 is 14.7 Å². The molecule has 0 saturated heterocycles. The van der Waals surface area contributed by atoms with Gasteiger partial charge in [0.1, 0.15) is 5.75 Å². The van der Waals surface area contributed by atoms with E-state index in [0.29, 0.717) is 0 Å². The number of hydrogen-bond acceptors (Lipinski definition) is 4. The zero-order valence-corrected chi connectivity index (χ0v) is 10.2. The van der Waals surface area contributed by atoms with Gasteiger partial charge in [0, 0.05) is 0 Å². The normalized spacial score (nSPS) is 16.9. The summed E-state index contributed by atoms with van der Waals surface area (Å²) in [6.07, 6.45) is 6.70. The summed E-state index contributed by atoms with van der Waals surface area (Å²) >= 11 is 0. The maximum absolute atomic E-state index is 11.7. The number of carbonyl (C=O) groups excluding carboxylic acids is 1. The van der Waals surface area contributed by atoms with Gasteiger partial charge in [0.15, 0.2) is 0 Å². The van der Waals surface area contributed by atoms with Crippen molar-refractivity contribution in [3.8, 4) is 5.75 Å². The molecule has 4 nitrogen and oxygen atoms in total. The van der Waals surface area contributed by atoms with Crippen LogP contribution in [0, 0.1) is 5.92 Å². The summed E-state index contributed by atoms with van der Waals surface area (Å²) in [7, 11) is 0. The van der Waals surface area contributed by atoms with Crippen molar-refractivity contribution in [1.29, 1.82) is 0 Å². The molecule has 1 aliphatic rings. The molecule has 0 bridgehead atoms. The number of carbonyl (C=O) groups is 1. The first-order valence-corrected chi connectivity index (χ1v) is 6.29. The summed E-state index contributed by atoms with van der Waals surface area (Å²) in [4.78, 5) is 16.6. The smallest absolute Gasteiger partial charge is 0.338 e. The van der Waals surface area contributed by atoms with Crippen LogP contribution in [0.15, 0.2) is 29.4 Å². The molecule has 1 aliphatic carbocycles. The Balaban J connectivity index is 1.83. The highest BCUT2D eigenvalue weighted by Crippen LogP contribution is 2.24. The largest absolute Gasteiger partial charge is 0.508 e. The third-order valence-corrected chi connectivity index (χ3v) is 3.18. The van der Waals surface area contributed by atoms with E-state index in [2.05, 4.69) is 5.16 Å². The van der Waals surface area contributed by atoms with Crippen LogP contribution in [-0.4, -0.2) is 17.3 Å². The van der Waals surface area contributed by atoms with Crippen molar-refractivity contribution >= 4 is 12.2 Å². The molecule has 0 spiro atoms. The van der Waals surface area contributed by atoms with E-state index in [-0.39, 0.29) is 17.6 Å². The highest BCUT2D eigenvalue weighted by Gasteiger charge is 2.22. The molecule has 4 heteroatoms. The van der Waals surface area contributed by atoms with Gasteiger partial charge in [0.25, 0.3) is 0 Å². The van der Waals surface area contributed by atoms with Crippen LogP contribution < -0.4 is 0 Å². The number of oxime groups is 1. The topological polar surface area (TPSA) is 58.9 Å². The van der Waals surface area contributed by atoms with E-state index in [4.69, 9.17) is 9.94 Å². The molecular weight excluding hydrogens is 230 g/mol. The molecule has 1 aromatic rings. The molecule has 1 saturated carbocycles. The first-order chi connectivity index (χ1) is 8.75. The first-order valence-electron chi connectivity index (χ1n) is 6.29. The molecule has 0 unspecified atom stereocenters. The van der Waals surface area contributed by atoms with E-state index < -0.39 is 0 Å². The Morgan fingerprint density at radius 3 is 2.56 bits per heavy atom. The van der Waals surface area contributed by atoms with Gasteiger partial charge in [-0.05, 0) is 42.7 Å². The van der Waals surface area contributed by atoms with Gasteiger partial charge < -0.3 is 9.94 Å². The minimum atomic E-state index is -0.232. The van der Waals surface area contributed by atoms with Crippen LogP contribution in [0.3, 0.4) is 0 Å². The molecule has 0 aliphatic heterocycles. The van der Waals surface area contributed by atoms with E-state index in [1.807, 2.05) is 0 Å². The second-order valence-corrected chi connectivity index (χ2v) is 4.57. The van der Waals surface area contributed by atoms with Crippen LogP contribution in [-0.2, 0) is 9.63 Å². The predicted molar refractivity (Wildman–Crippen MR) is 68.4 cm³/mol. The lowest BCUT2D eigenvalue weighted by Crippen LogP contribution is -2.18. The number of benzene rings is 1. The molecule has 0 aromatic heterocycles. The van der Waals surface area contributed by atoms with Crippen molar-refractivity contribution in [2.45, 2.75) is 32.1 Å². The maximum Gasteiger partial charge on any atom is 0.338 e. The average Bonchev–Trinajstić information content (AvgIpc) is 2.42. The van der Waals surface area contributed by atoms with Crippen molar-refractivity contribution in [1.82, 2.24) is 0 Å².